The van der Waals surface area contributed by atoms with Gasteiger partial charge in [-0.2, -0.15) is 5.10 Å². The summed E-state index contributed by atoms with van der Waals surface area (Å²) in [5, 5.41) is 4.25. The molecule has 0 fully saturated rings. The maximum atomic E-state index is 6.16. The van der Waals surface area contributed by atoms with Gasteiger partial charge < -0.3 is 5.73 Å². The molecule has 0 aromatic carbocycles. The predicted molar refractivity (Wildman–Crippen MR) is 67.6 cm³/mol. The van der Waals surface area contributed by atoms with E-state index in [1.54, 1.807) is 11.3 Å². The van der Waals surface area contributed by atoms with Crippen LogP contribution in [0.5, 0.6) is 0 Å². The third-order valence-electron chi connectivity index (χ3n) is 2.59. The molecule has 0 radical (unpaired) electrons. The summed E-state index contributed by atoms with van der Waals surface area (Å²) < 4.78 is 1.93. The van der Waals surface area contributed by atoms with Crippen LogP contribution in [-0.4, -0.2) is 9.78 Å². The van der Waals surface area contributed by atoms with Gasteiger partial charge in [0.05, 0.1) is 6.20 Å². The number of thiophene rings is 1. The van der Waals surface area contributed by atoms with Crippen molar-refractivity contribution in [2.24, 2.45) is 5.73 Å². The second-order valence-electron chi connectivity index (χ2n) is 3.96. The molecular weight excluding hydrogens is 218 g/mol. The summed E-state index contributed by atoms with van der Waals surface area (Å²) in [7, 11) is 0. The second kappa shape index (κ2) is 4.80. The molecule has 2 aromatic heterocycles. The largest absolute Gasteiger partial charge is 0.323 e. The van der Waals surface area contributed by atoms with E-state index in [0.29, 0.717) is 0 Å². The van der Waals surface area contributed by atoms with Crippen LogP contribution in [0.1, 0.15) is 28.3 Å². The maximum Gasteiger partial charge on any atom is 0.0522 e. The second-order valence-corrected chi connectivity index (χ2v) is 5.28. The highest BCUT2D eigenvalue weighted by molar-refractivity contribution is 7.12. The Morgan fingerprint density at radius 1 is 1.50 bits per heavy atom. The Hall–Kier alpha value is -1.13. The summed E-state index contributed by atoms with van der Waals surface area (Å²) in [6.45, 7) is 5.10. The molecule has 0 spiro atoms. The first-order chi connectivity index (χ1) is 7.69. The van der Waals surface area contributed by atoms with E-state index >= 15 is 0 Å². The summed E-state index contributed by atoms with van der Waals surface area (Å²) in [6.07, 6.45) is 4.84. The van der Waals surface area contributed by atoms with Crippen molar-refractivity contribution >= 4 is 11.3 Å². The Labute approximate surface area is 99.9 Å². The Balaban J connectivity index is 2.04. The number of aromatic nitrogens is 2. The Kier molecular flexibility index (Phi) is 3.41. The first-order valence-electron chi connectivity index (χ1n) is 5.52. The fourth-order valence-electron chi connectivity index (χ4n) is 1.69. The third kappa shape index (κ3) is 2.51. The van der Waals surface area contributed by atoms with Gasteiger partial charge in [0, 0.05) is 28.5 Å². The van der Waals surface area contributed by atoms with Crippen LogP contribution in [0.4, 0.5) is 0 Å². The van der Waals surface area contributed by atoms with Crippen LogP contribution in [0.2, 0.25) is 0 Å². The highest BCUT2D eigenvalue weighted by Crippen LogP contribution is 2.23. The quantitative estimate of drug-likeness (QED) is 0.885. The van der Waals surface area contributed by atoms with Gasteiger partial charge in [0.2, 0.25) is 0 Å². The number of nitrogens with zero attached hydrogens (tertiary/aromatic N) is 2. The van der Waals surface area contributed by atoms with Crippen LogP contribution in [0, 0.1) is 6.92 Å². The lowest BCUT2D eigenvalue weighted by molar-refractivity contribution is 0.657. The fraction of sp³-hybridized carbons (Fsp3) is 0.417. The van der Waals surface area contributed by atoms with Crippen LogP contribution in [-0.2, 0) is 13.0 Å². The van der Waals surface area contributed by atoms with E-state index in [4.69, 9.17) is 5.73 Å². The Bertz CT molecular complexity index is 458. The van der Waals surface area contributed by atoms with Gasteiger partial charge in [-0.3, -0.25) is 4.68 Å². The van der Waals surface area contributed by atoms with Crippen molar-refractivity contribution in [3.05, 3.63) is 39.8 Å². The summed E-state index contributed by atoms with van der Waals surface area (Å²) in [4.78, 5) is 2.57. The third-order valence-corrected chi connectivity index (χ3v) is 3.73. The van der Waals surface area contributed by atoms with Gasteiger partial charge in [-0.15, -0.1) is 11.3 Å². The lowest BCUT2D eigenvalue weighted by Gasteiger charge is -2.07. The molecule has 2 heterocycles. The highest BCUT2D eigenvalue weighted by atomic mass is 32.1. The number of hydrogen-bond acceptors (Lipinski definition) is 3. The number of nitrogens with two attached hydrogens (primary N) is 1. The van der Waals surface area contributed by atoms with E-state index in [1.807, 2.05) is 10.9 Å². The average Bonchev–Trinajstić information content (AvgIpc) is 2.87. The molecule has 0 bridgehead atoms. The molecule has 0 aliphatic heterocycles. The first-order valence-corrected chi connectivity index (χ1v) is 6.34. The van der Waals surface area contributed by atoms with Gasteiger partial charge in [0.1, 0.15) is 0 Å². The van der Waals surface area contributed by atoms with E-state index < -0.39 is 0 Å². The van der Waals surface area contributed by atoms with Crippen LogP contribution in [0.15, 0.2) is 24.5 Å². The van der Waals surface area contributed by atoms with Crippen LogP contribution >= 0.6 is 11.3 Å². The maximum absolute atomic E-state index is 6.16. The van der Waals surface area contributed by atoms with E-state index in [-0.39, 0.29) is 6.04 Å². The zero-order valence-electron chi connectivity index (χ0n) is 9.68. The normalized spacial score (nSPS) is 12.9. The average molecular weight is 235 g/mol. The minimum Gasteiger partial charge on any atom is -0.323 e. The van der Waals surface area contributed by atoms with Gasteiger partial charge in [0.25, 0.3) is 0 Å². The minimum absolute atomic E-state index is 0.0909. The van der Waals surface area contributed by atoms with Crippen molar-refractivity contribution < 1.29 is 0 Å². The molecule has 1 unspecified atom stereocenters. The lowest BCUT2D eigenvalue weighted by Crippen LogP contribution is -2.11. The molecule has 0 saturated carbocycles. The number of aryl methyl sites for hydroxylation is 2. The van der Waals surface area contributed by atoms with Crippen molar-refractivity contribution in [1.29, 1.82) is 0 Å². The molecule has 0 saturated heterocycles. The number of hydrogen-bond donors (Lipinski definition) is 1. The van der Waals surface area contributed by atoms with Crippen LogP contribution in [0.3, 0.4) is 0 Å². The summed E-state index contributed by atoms with van der Waals surface area (Å²) in [5.41, 5.74) is 7.37. The number of rotatable bonds is 4. The summed E-state index contributed by atoms with van der Waals surface area (Å²) >= 11 is 1.78. The van der Waals surface area contributed by atoms with Crippen molar-refractivity contribution in [3.8, 4) is 0 Å². The van der Waals surface area contributed by atoms with Crippen molar-refractivity contribution in [1.82, 2.24) is 9.78 Å². The van der Waals surface area contributed by atoms with E-state index in [2.05, 4.69) is 37.3 Å². The van der Waals surface area contributed by atoms with E-state index in [1.165, 1.54) is 15.3 Å². The van der Waals surface area contributed by atoms with Crippen molar-refractivity contribution in [2.75, 3.05) is 0 Å². The predicted octanol–water partition coefficient (Wildman–Crippen LogP) is 2.52. The topological polar surface area (TPSA) is 43.8 Å². The molecule has 86 valence electrons. The lowest BCUT2D eigenvalue weighted by atomic mass is 10.1. The molecule has 4 heteroatoms. The monoisotopic (exact) mass is 235 g/mol. The van der Waals surface area contributed by atoms with Crippen LogP contribution < -0.4 is 5.73 Å². The molecule has 3 nitrogen and oxygen atoms in total. The van der Waals surface area contributed by atoms with Crippen LogP contribution in [0.25, 0.3) is 0 Å². The SMILES string of the molecule is CCn1cc(CC(N)c2ccc(C)s2)cn1. The molecule has 2 N–H and O–H groups in total. The van der Waals surface area contributed by atoms with E-state index in [9.17, 15) is 0 Å². The van der Waals surface area contributed by atoms with Gasteiger partial charge in [-0.1, -0.05) is 0 Å². The summed E-state index contributed by atoms with van der Waals surface area (Å²) in [5.74, 6) is 0. The molecule has 1 atom stereocenters. The molecular formula is C12H17N3S. The van der Waals surface area contributed by atoms with Gasteiger partial charge in [-0.25, -0.2) is 0 Å². The Morgan fingerprint density at radius 3 is 2.88 bits per heavy atom. The molecule has 0 aliphatic rings. The molecule has 2 aromatic rings. The fourth-order valence-corrected chi connectivity index (χ4v) is 2.57. The van der Waals surface area contributed by atoms with Crippen molar-refractivity contribution in [2.45, 2.75) is 32.9 Å². The molecule has 2 rings (SSSR count). The molecule has 0 amide bonds. The van der Waals surface area contributed by atoms with Gasteiger partial charge >= 0.3 is 0 Å². The minimum atomic E-state index is 0.0909. The zero-order valence-corrected chi connectivity index (χ0v) is 10.5. The molecule has 0 aliphatic carbocycles. The first kappa shape index (κ1) is 11.4. The standard InChI is InChI=1S/C12H17N3S/c1-3-15-8-10(7-14-15)6-11(13)12-5-4-9(2)16-12/h4-5,7-8,11H,3,6,13H2,1-2H3. The van der Waals surface area contributed by atoms with Gasteiger partial charge in [0.15, 0.2) is 0 Å². The van der Waals surface area contributed by atoms with Gasteiger partial charge in [-0.05, 0) is 38.0 Å². The summed E-state index contributed by atoms with van der Waals surface area (Å²) in [6, 6.07) is 4.33. The zero-order chi connectivity index (χ0) is 11.5. The molecule has 16 heavy (non-hydrogen) atoms. The Morgan fingerprint density at radius 2 is 2.31 bits per heavy atom. The van der Waals surface area contributed by atoms with E-state index in [0.717, 1.165) is 13.0 Å². The highest BCUT2D eigenvalue weighted by Gasteiger charge is 2.10. The van der Waals surface area contributed by atoms with Crippen molar-refractivity contribution in [3.63, 3.8) is 0 Å². The smallest absolute Gasteiger partial charge is 0.0522 e.